The van der Waals surface area contributed by atoms with Crippen LogP contribution in [0.15, 0.2) is 47.3 Å². The van der Waals surface area contributed by atoms with Gasteiger partial charge in [0.15, 0.2) is 0 Å². The van der Waals surface area contributed by atoms with Crippen molar-refractivity contribution in [1.29, 1.82) is 0 Å². The first kappa shape index (κ1) is 11.0. The first-order valence-electron chi connectivity index (χ1n) is 5.07. The van der Waals surface area contributed by atoms with Gasteiger partial charge in [0.1, 0.15) is 5.52 Å². The summed E-state index contributed by atoms with van der Waals surface area (Å²) in [5, 5.41) is 0. The second-order valence-electron chi connectivity index (χ2n) is 3.36. The molecule has 0 aliphatic heterocycles. The second kappa shape index (κ2) is 4.99. The average Bonchev–Trinajstić information content (AvgIpc) is 2.35. The van der Waals surface area contributed by atoms with Crippen LogP contribution in [0.4, 0.5) is 0 Å². The van der Waals surface area contributed by atoms with E-state index in [9.17, 15) is 0 Å². The number of rotatable bonds is 3. The molecule has 1 aromatic heterocycles. The van der Waals surface area contributed by atoms with Gasteiger partial charge in [-0.2, -0.15) is 0 Å². The molecule has 0 aliphatic carbocycles. The van der Waals surface area contributed by atoms with Gasteiger partial charge in [-0.05, 0) is 37.9 Å². The molecule has 4 heteroatoms. The Morgan fingerprint density at radius 2 is 2.12 bits per heavy atom. The predicted octanol–water partition coefficient (Wildman–Crippen LogP) is 3.15. The molecular weight excluding hydrogens is 218 g/mol. The molecule has 0 radical (unpaired) electrons. The summed E-state index contributed by atoms with van der Waals surface area (Å²) in [6.07, 6.45) is 5.46. The van der Waals surface area contributed by atoms with Crippen LogP contribution in [0.1, 0.15) is 13.8 Å². The Morgan fingerprint density at radius 3 is 2.94 bits per heavy atom. The minimum atomic E-state index is 0.924. The molecule has 1 aromatic carbocycles. The molecular formula is C12H13N3S. The summed E-state index contributed by atoms with van der Waals surface area (Å²) in [6.45, 7) is 4.04. The Hall–Kier alpha value is -1.55. The highest BCUT2D eigenvalue weighted by molar-refractivity contribution is 7.97. The Labute approximate surface area is 99.1 Å². The van der Waals surface area contributed by atoms with Crippen LogP contribution in [0.5, 0.6) is 0 Å². The molecule has 0 unspecified atom stereocenters. The zero-order chi connectivity index (χ0) is 11.4. The van der Waals surface area contributed by atoms with Crippen LogP contribution < -0.4 is 4.72 Å². The van der Waals surface area contributed by atoms with Crippen molar-refractivity contribution in [2.45, 2.75) is 18.7 Å². The van der Waals surface area contributed by atoms with Crippen LogP contribution in [0, 0.1) is 0 Å². The molecule has 2 rings (SSSR count). The second-order valence-corrected chi connectivity index (χ2v) is 4.20. The maximum Gasteiger partial charge on any atom is 0.104 e. The molecule has 3 nitrogen and oxygen atoms in total. The van der Waals surface area contributed by atoms with Gasteiger partial charge in [-0.3, -0.25) is 9.97 Å². The van der Waals surface area contributed by atoms with E-state index in [1.165, 1.54) is 0 Å². The fourth-order valence-corrected chi connectivity index (χ4v) is 2.03. The van der Waals surface area contributed by atoms with Crippen LogP contribution in [0.2, 0.25) is 0 Å². The van der Waals surface area contributed by atoms with Gasteiger partial charge in [0.05, 0.1) is 10.4 Å². The van der Waals surface area contributed by atoms with E-state index in [0.29, 0.717) is 0 Å². The number of hydrogen-bond acceptors (Lipinski definition) is 4. The zero-order valence-corrected chi connectivity index (χ0v) is 10.1. The van der Waals surface area contributed by atoms with Gasteiger partial charge >= 0.3 is 0 Å². The minimum absolute atomic E-state index is 0.924. The molecule has 0 atom stereocenters. The van der Waals surface area contributed by atoms with Gasteiger partial charge in [0, 0.05) is 18.1 Å². The third-order valence-electron chi connectivity index (χ3n) is 2.22. The Bertz CT molecular complexity index is 517. The number of allylic oxidation sites excluding steroid dienone is 2. The molecule has 0 saturated carbocycles. The lowest BCUT2D eigenvalue weighted by molar-refractivity contribution is 1.18. The lowest BCUT2D eigenvalue weighted by Gasteiger charge is -2.06. The highest BCUT2D eigenvalue weighted by Gasteiger charge is 2.02. The van der Waals surface area contributed by atoms with E-state index >= 15 is 0 Å². The van der Waals surface area contributed by atoms with Gasteiger partial charge in [0.2, 0.25) is 0 Å². The van der Waals surface area contributed by atoms with Gasteiger partial charge in [-0.1, -0.05) is 12.1 Å². The highest BCUT2D eigenvalue weighted by atomic mass is 32.2. The van der Waals surface area contributed by atoms with Crippen LogP contribution in [0.25, 0.3) is 11.0 Å². The van der Waals surface area contributed by atoms with E-state index in [1.54, 1.807) is 24.3 Å². The molecule has 0 amide bonds. The monoisotopic (exact) mass is 231 g/mol. The SMILES string of the molecule is CC=C(C)NSc1cccc2nccnc12. The summed E-state index contributed by atoms with van der Waals surface area (Å²) >= 11 is 1.56. The number of hydrogen-bond donors (Lipinski definition) is 1. The molecule has 0 spiro atoms. The molecule has 82 valence electrons. The van der Waals surface area contributed by atoms with E-state index in [-0.39, 0.29) is 0 Å². The fraction of sp³-hybridized carbons (Fsp3) is 0.167. The van der Waals surface area contributed by atoms with Crippen molar-refractivity contribution in [2.24, 2.45) is 0 Å². The normalized spacial score (nSPS) is 11.8. The Kier molecular flexibility index (Phi) is 3.41. The summed E-state index contributed by atoms with van der Waals surface area (Å²) in [5.41, 5.74) is 2.99. The summed E-state index contributed by atoms with van der Waals surface area (Å²) in [5.74, 6) is 0. The first-order chi connectivity index (χ1) is 7.81. The predicted molar refractivity (Wildman–Crippen MR) is 68.0 cm³/mol. The largest absolute Gasteiger partial charge is 0.330 e. The molecule has 0 fully saturated rings. The number of nitrogens with zero attached hydrogens (tertiary/aromatic N) is 2. The van der Waals surface area contributed by atoms with E-state index in [0.717, 1.165) is 21.6 Å². The van der Waals surface area contributed by atoms with Crippen molar-refractivity contribution < 1.29 is 0 Å². The van der Waals surface area contributed by atoms with Crippen molar-refractivity contribution in [3.8, 4) is 0 Å². The lowest BCUT2D eigenvalue weighted by atomic mass is 10.3. The summed E-state index contributed by atoms with van der Waals surface area (Å²) < 4.78 is 3.25. The van der Waals surface area contributed by atoms with Gasteiger partial charge < -0.3 is 4.72 Å². The molecule has 2 aromatic rings. The van der Waals surface area contributed by atoms with E-state index in [4.69, 9.17) is 0 Å². The van der Waals surface area contributed by atoms with Crippen LogP contribution in [-0.4, -0.2) is 9.97 Å². The highest BCUT2D eigenvalue weighted by Crippen LogP contribution is 2.23. The van der Waals surface area contributed by atoms with E-state index in [2.05, 4.69) is 14.7 Å². The van der Waals surface area contributed by atoms with Crippen molar-refractivity contribution in [3.05, 3.63) is 42.4 Å². The third-order valence-corrected chi connectivity index (χ3v) is 3.19. The fourth-order valence-electron chi connectivity index (χ4n) is 1.24. The number of benzene rings is 1. The first-order valence-corrected chi connectivity index (χ1v) is 5.88. The number of aromatic nitrogens is 2. The van der Waals surface area contributed by atoms with Gasteiger partial charge in [-0.25, -0.2) is 0 Å². The Morgan fingerprint density at radius 1 is 1.31 bits per heavy atom. The van der Waals surface area contributed by atoms with E-state index in [1.807, 2.05) is 38.1 Å². The van der Waals surface area contributed by atoms with Crippen molar-refractivity contribution in [2.75, 3.05) is 0 Å². The topological polar surface area (TPSA) is 37.8 Å². The molecule has 16 heavy (non-hydrogen) atoms. The Balaban J connectivity index is 2.30. The molecule has 1 heterocycles. The number of nitrogens with one attached hydrogen (secondary N) is 1. The standard InChI is InChI=1S/C12H13N3S/c1-3-9(2)15-16-11-6-4-5-10-12(11)14-8-7-13-10/h3-8,15H,1-2H3. The van der Waals surface area contributed by atoms with E-state index < -0.39 is 0 Å². The molecule has 0 bridgehead atoms. The quantitative estimate of drug-likeness (QED) is 0.823. The van der Waals surface area contributed by atoms with Gasteiger partial charge in [0.25, 0.3) is 0 Å². The molecule has 1 N–H and O–H groups in total. The maximum absolute atomic E-state index is 4.34. The average molecular weight is 231 g/mol. The summed E-state index contributed by atoms with van der Waals surface area (Å²) in [6, 6.07) is 6.00. The minimum Gasteiger partial charge on any atom is -0.330 e. The van der Waals surface area contributed by atoms with Crippen molar-refractivity contribution >= 4 is 23.0 Å². The number of fused-ring (bicyclic) bond motifs is 1. The van der Waals surface area contributed by atoms with Crippen LogP contribution >= 0.6 is 11.9 Å². The smallest absolute Gasteiger partial charge is 0.104 e. The maximum atomic E-state index is 4.34. The van der Waals surface area contributed by atoms with Gasteiger partial charge in [-0.15, -0.1) is 0 Å². The number of para-hydroxylation sites is 1. The summed E-state index contributed by atoms with van der Waals surface area (Å²) in [7, 11) is 0. The summed E-state index contributed by atoms with van der Waals surface area (Å²) in [4.78, 5) is 9.70. The van der Waals surface area contributed by atoms with Crippen molar-refractivity contribution in [1.82, 2.24) is 14.7 Å². The van der Waals surface area contributed by atoms with Crippen LogP contribution in [0.3, 0.4) is 0 Å². The van der Waals surface area contributed by atoms with Crippen molar-refractivity contribution in [3.63, 3.8) is 0 Å². The molecule has 0 aliphatic rings. The zero-order valence-electron chi connectivity index (χ0n) is 9.27. The van der Waals surface area contributed by atoms with Crippen LogP contribution in [-0.2, 0) is 0 Å². The molecule has 0 saturated heterocycles. The third kappa shape index (κ3) is 2.33. The lowest BCUT2D eigenvalue weighted by Crippen LogP contribution is -1.99.